The maximum absolute atomic E-state index is 11.0. The van der Waals surface area contributed by atoms with Gasteiger partial charge in [0.2, 0.25) is 0 Å². The molecule has 0 aliphatic heterocycles. The van der Waals surface area contributed by atoms with E-state index < -0.39 is 10.2 Å². The van der Waals surface area contributed by atoms with Crippen LogP contribution in [-0.4, -0.2) is 8.42 Å². The number of hydrogen-bond acceptors (Lipinski definition) is 3. The third-order valence-corrected chi connectivity index (χ3v) is 3.45. The summed E-state index contributed by atoms with van der Waals surface area (Å²) in [5.74, 6) is 0. The average molecular weight is 312 g/mol. The van der Waals surface area contributed by atoms with Crippen molar-refractivity contribution in [3.8, 4) is 0 Å². The van der Waals surface area contributed by atoms with E-state index in [1.54, 1.807) is 18.2 Å². The largest absolute Gasteiger partial charge is 0.381 e. The van der Waals surface area contributed by atoms with E-state index in [0.717, 1.165) is 11.3 Å². The molecule has 0 fully saturated rings. The van der Waals surface area contributed by atoms with E-state index in [2.05, 4.69) is 10.0 Å². The van der Waals surface area contributed by atoms with Gasteiger partial charge in [-0.15, -0.1) is 0 Å². The van der Waals surface area contributed by atoms with Gasteiger partial charge in [-0.2, -0.15) is 8.42 Å². The van der Waals surface area contributed by atoms with Crippen LogP contribution in [0.2, 0.25) is 5.02 Å². The second-order valence-corrected chi connectivity index (χ2v) is 5.87. The summed E-state index contributed by atoms with van der Waals surface area (Å²) in [6.07, 6.45) is 0. The Bertz CT molecular complexity index is 704. The molecule has 0 radical (unpaired) electrons. The molecule has 0 aromatic heterocycles. The van der Waals surface area contributed by atoms with Gasteiger partial charge in [0.05, 0.1) is 5.69 Å². The first-order valence-corrected chi connectivity index (χ1v) is 7.74. The van der Waals surface area contributed by atoms with Gasteiger partial charge in [0, 0.05) is 17.3 Å². The molecule has 2 aromatic carbocycles. The maximum Gasteiger partial charge on any atom is 0.296 e. The Morgan fingerprint density at radius 1 is 1.05 bits per heavy atom. The topological polar surface area (TPSA) is 84.2 Å². The van der Waals surface area contributed by atoms with Crippen LogP contribution in [0.25, 0.3) is 0 Å². The lowest BCUT2D eigenvalue weighted by molar-refractivity contribution is 0.603. The molecule has 0 bridgehead atoms. The first-order valence-electron chi connectivity index (χ1n) is 5.82. The van der Waals surface area contributed by atoms with Crippen LogP contribution in [0.4, 0.5) is 11.4 Å². The minimum absolute atomic E-state index is 0.400. The molecule has 2 aromatic rings. The Hall–Kier alpha value is -1.76. The zero-order valence-corrected chi connectivity index (χ0v) is 12.1. The molecule has 0 heterocycles. The molecular formula is C13H14ClN3O2S. The average Bonchev–Trinajstić information content (AvgIpc) is 2.36. The van der Waals surface area contributed by atoms with E-state index in [1.165, 1.54) is 0 Å². The molecule has 4 N–H and O–H groups in total. The highest BCUT2D eigenvalue weighted by Gasteiger charge is 2.03. The summed E-state index contributed by atoms with van der Waals surface area (Å²) >= 11 is 6.06. The van der Waals surface area contributed by atoms with Crippen molar-refractivity contribution in [3.05, 3.63) is 59.1 Å². The Balaban J connectivity index is 2.07. The quantitative estimate of drug-likeness (QED) is 0.793. The van der Waals surface area contributed by atoms with Crippen molar-refractivity contribution in [1.82, 2.24) is 0 Å². The van der Waals surface area contributed by atoms with Crippen molar-refractivity contribution < 1.29 is 8.42 Å². The molecule has 0 atom stereocenters. The Kier molecular flexibility index (Phi) is 4.49. The predicted octanol–water partition coefficient (Wildman–Crippen LogP) is 2.57. The summed E-state index contributed by atoms with van der Waals surface area (Å²) in [4.78, 5) is 0. The fourth-order valence-corrected chi connectivity index (χ4v) is 2.35. The molecule has 7 heteroatoms. The maximum atomic E-state index is 11.0. The molecular weight excluding hydrogens is 298 g/mol. The highest BCUT2D eigenvalue weighted by molar-refractivity contribution is 7.90. The van der Waals surface area contributed by atoms with Crippen molar-refractivity contribution in [3.63, 3.8) is 0 Å². The molecule has 0 aliphatic carbocycles. The van der Waals surface area contributed by atoms with Crippen LogP contribution in [0.15, 0.2) is 48.5 Å². The summed E-state index contributed by atoms with van der Waals surface area (Å²) < 4.78 is 24.1. The first-order chi connectivity index (χ1) is 9.44. The highest BCUT2D eigenvalue weighted by atomic mass is 35.5. The normalized spacial score (nSPS) is 11.1. The Morgan fingerprint density at radius 2 is 1.75 bits per heavy atom. The lowest BCUT2D eigenvalue weighted by atomic mass is 10.2. The lowest BCUT2D eigenvalue weighted by Crippen LogP contribution is -2.21. The van der Waals surface area contributed by atoms with E-state index in [1.807, 2.05) is 30.3 Å². The number of anilines is 2. The van der Waals surface area contributed by atoms with Gasteiger partial charge < -0.3 is 5.32 Å². The van der Waals surface area contributed by atoms with Crippen LogP contribution in [0.5, 0.6) is 0 Å². The molecule has 0 spiro atoms. The van der Waals surface area contributed by atoms with Gasteiger partial charge in [-0.05, 0) is 29.8 Å². The molecule has 0 saturated heterocycles. The van der Waals surface area contributed by atoms with Crippen molar-refractivity contribution in [2.45, 2.75) is 6.54 Å². The van der Waals surface area contributed by atoms with Gasteiger partial charge in [0.15, 0.2) is 0 Å². The van der Waals surface area contributed by atoms with Gasteiger partial charge in [0.25, 0.3) is 10.2 Å². The van der Waals surface area contributed by atoms with E-state index >= 15 is 0 Å². The SMILES string of the molecule is NS(=O)(=O)Nc1cccc(NCc2ccccc2Cl)c1. The smallest absolute Gasteiger partial charge is 0.296 e. The zero-order valence-electron chi connectivity index (χ0n) is 10.5. The molecule has 0 saturated carbocycles. The summed E-state index contributed by atoms with van der Waals surface area (Å²) in [5, 5.41) is 8.77. The standard InChI is InChI=1S/C13H14ClN3O2S/c14-13-7-2-1-4-10(13)9-16-11-5-3-6-12(8-11)17-20(15,18)19/h1-8,16-17H,9H2,(H2,15,18,19). The van der Waals surface area contributed by atoms with Gasteiger partial charge in [-0.3, -0.25) is 4.72 Å². The zero-order chi connectivity index (χ0) is 14.6. The molecule has 20 heavy (non-hydrogen) atoms. The lowest BCUT2D eigenvalue weighted by Gasteiger charge is -2.10. The summed E-state index contributed by atoms with van der Waals surface area (Å²) in [5.41, 5.74) is 2.12. The van der Waals surface area contributed by atoms with Crippen molar-refractivity contribution in [2.75, 3.05) is 10.0 Å². The second-order valence-electron chi connectivity index (χ2n) is 4.17. The van der Waals surface area contributed by atoms with Gasteiger partial charge in [0.1, 0.15) is 0 Å². The number of nitrogens with one attached hydrogen (secondary N) is 2. The summed E-state index contributed by atoms with van der Waals surface area (Å²) in [6, 6.07) is 14.3. The van der Waals surface area contributed by atoms with Crippen molar-refractivity contribution >= 4 is 33.2 Å². The molecule has 0 unspecified atom stereocenters. The van der Waals surface area contributed by atoms with Crippen LogP contribution in [-0.2, 0) is 16.8 Å². The fourth-order valence-electron chi connectivity index (χ4n) is 1.70. The third-order valence-electron chi connectivity index (χ3n) is 2.56. The van der Waals surface area contributed by atoms with Crippen LogP contribution >= 0.6 is 11.6 Å². The second kappa shape index (κ2) is 6.13. The fraction of sp³-hybridized carbons (Fsp3) is 0.0769. The molecule has 0 amide bonds. The monoisotopic (exact) mass is 311 g/mol. The number of rotatable bonds is 5. The highest BCUT2D eigenvalue weighted by Crippen LogP contribution is 2.19. The molecule has 2 rings (SSSR count). The number of nitrogens with two attached hydrogens (primary N) is 1. The minimum Gasteiger partial charge on any atom is -0.381 e. The number of halogens is 1. The Morgan fingerprint density at radius 3 is 2.45 bits per heavy atom. The van der Waals surface area contributed by atoms with Crippen molar-refractivity contribution in [1.29, 1.82) is 0 Å². The number of benzene rings is 2. The number of hydrogen-bond donors (Lipinski definition) is 3. The van der Waals surface area contributed by atoms with E-state index in [4.69, 9.17) is 16.7 Å². The van der Waals surface area contributed by atoms with Crippen LogP contribution < -0.4 is 15.2 Å². The van der Waals surface area contributed by atoms with Gasteiger partial charge >= 0.3 is 0 Å². The molecule has 5 nitrogen and oxygen atoms in total. The van der Waals surface area contributed by atoms with Crippen molar-refractivity contribution in [2.24, 2.45) is 5.14 Å². The summed E-state index contributed by atoms with van der Waals surface area (Å²) in [7, 11) is -3.77. The molecule has 0 aliphatic rings. The van der Waals surface area contributed by atoms with Gasteiger partial charge in [-0.25, -0.2) is 5.14 Å². The summed E-state index contributed by atoms with van der Waals surface area (Å²) in [6.45, 7) is 0.540. The predicted molar refractivity (Wildman–Crippen MR) is 82.0 cm³/mol. The van der Waals surface area contributed by atoms with Gasteiger partial charge in [-0.1, -0.05) is 35.9 Å². The van der Waals surface area contributed by atoms with Crippen LogP contribution in [0, 0.1) is 0 Å². The van der Waals surface area contributed by atoms with Crippen LogP contribution in [0.1, 0.15) is 5.56 Å². The van der Waals surface area contributed by atoms with E-state index in [0.29, 0.717) is 17.3 Å². The minimum atomic E-state index is -3.77. The van der Waals surface area contributed by atoms with E-state index in [-0.39, 0.29) is 0 Å². The van der Waals surface area contributed by atoms with E-state index in [9.17, 15) is 8.42 Å². The Labute approximate surface area is 122 Å². The molecule has 106 valence electrons. The third kappa shape index (κ3) is 4.41. The van der Waals surface area contributed by atoms with Crippen LogP contribution in [0.3, 0.4) is 0 Å². The first kappa shape index (κ1) is 14.6.